The van der Waals surface area contributed by atoms with Crippen LogP contribution in [-0.2, 0) is 11.2 Å². The molecule has 2 aliphatic heterocycles. The molecule has 1 aromatic heterocycles. The summed E-state index contributed by atoms with van der Waals surface area (Å²) in [7, 11) is 0. The standard InChI is InChI=1S/C18H29N3OS/c22-18(20-9-5-17-4-2-12-23-17)16-6-10-21(11-7-16)14-15-3-1-8-19-13-15/h2,4,12,15-16,19H,1,3,5-11,13-14H2,(H,20,22). The molecule has 2 aliphatic rings. The van der Waals surface area contributed by atoms with Crippen LogP contribution >= 0.6 is 11.3 Å². The minimum absolute atomic E-state index is 0.221. The van der Waals surface area contributed by atoms with E-state index in [1.165, 1.54) is 37.4 Å². The highest BCUT2D eigenvalue weighted by Gasteiger charge is 2.26. The van der Waals surface area contributed by atoms with Gasteiger partial charge in [-0.2, -0.15) is 0 Å². The van der Waals surface area contributed by atoms with Crippen molar-refractivity contribution in [2.75, 3.05) is 39.3 Å². The monoisotopic (exact) mass is 335 g/mol. The molecule has 0 bridgehead atoms. The van der Waals surface area contributed by atoms with Crippen molar-refractivity contribution in [2.24, 2.45) is 11.8 Å². The van der Waals surface area contributed by atoms with Crippen LogP contribution in [0.3, 0.4) is 0 Å². The van der Waals surface area contributed by atoms with Crippen LogP contribution in [0.15, 0.2) is 17.5 Å². The summed E-state index contributed by atoms with van der Waals surface area (Å²) in [6, 6.07) is 4.20. The molecule has 1 amide bonds. The van der Waals surface area contributed by atoms with E-state index in [0.717, 1.165) is 44.8 Å². The Hall–Kier alpha value is -0.910. The van der Waals surface area contributed by atoms with Gasteiger partial charge in [0.1, 0.15) is 0 Å². The molecule has 2 N–H and O–H groups in total. The predicted octanol–water partition coefficient (Wildman–Crippen LogP) is 2.12. The summed E-state index contributed by atoms with van der Waals surface area (Å²) >= 11 is 1.76. The Bertz CT molecular complexity index is 463. The molecular formula is C18H29N3OS. The second kappa shape index (κ2) is 8.81. The van der Waals surface area contributed by atoms with E-state index in [-0.39, 0.29) is 11.8 Å². The number of carbonyl (C=O) groups excluding carboxylic acids is 1. The SMILES string of the molecule is O=C(NCCc1cccs1)C1CCN(CC2CCCNC2)CC1. The first-order valence-electron chi connectivity index (χ1n) is 9.04. The van der Waals surface area contributed by atoms with Crippen molar-refractivity contribution in [1.29, 1.82) is 0 Å². The fraction of sp³-hybridized carbons (Fsp3) is 0.722. The molecule has 3 rings (SSSR count). The van der Waals surface area contributed by atoms with Crippen LogP contribution in [0.25, 0.3) is 0 Å². The summed E-state index contributed by atoms with van der Waals surface area (Å²) in [6.07, 6.45) is 5.66. The largest absolute Gasteiger partial charge is 0.355 e. The summed E-state index contributed by atoms with van der Waals surface area (Å²) in [5.74, 6) is 1.29. The highest BCUT2D eigenvalue weighted by molar-refractivity contribution is 7.09. The molecule has 0 aliphatic carbocycles. The molecule has 23 heavy (non-hydrogen) atoms. The number of piperidine rings is 2. The number of hydrogen-bond acceptors (Lipinski definition) is 4. The summed E-state index contributed by atoms with van der Waals surface area (Å²) in [4.78, 5) is 16.2. The average Bonchev–Trinajstić information content (AvgIpc) is 3.10. The van der Waals surface area contributed by atoms with Gasteiger partial charge in [-0.1, -0.05) is 6.07 Å². The van der Waals surface area contributed by atoms with Crippen molar-refractivity contribution >= 4 is 17.2 Å². The van der Waals surface area contributed by atoms with E-state index in [0.29, 0.717) is 0 Å². The van der Waals surface area contributed by atoms with Crippen LogP contribution in [0, 0.1) is 11.8 Å². The van der Waals surface area contributed by atoms with Crippen molar-refractivity contribution in [3.63, 3.8) is 0 Å². The van der Waals surface area contributed by atoms with Crippen molar-refractivity contribution in [3.8, 4) is 0 Å². The summed E-state index contributed by atoms with van der Waals surface area (Å²) in [5.41, 5.74) is 0. The molecule has 4 nitrogen and oxygen atoms in total. The van der Waals surface area contributed by atoms with Gasteiger partial charge in [0.05, 0.1) is 0 Å². The van der Waals surface area contributed by atoms with Crippen LogP contribution in [0.4, 0.5) is 0 Å². The number of nitrogens with zero attached hydrogens (tertiary/aromatic N) is 1. The Labute approximate surface area is 143 Å². The Morgan fingerprint density at radius 1 is 1.35 bits per heavy atom. The highest BCUT2D eigenvalue weighted by atomic mass is 32.1. The van der Waals surface area contributed by atoms with E-state index in [1.54, 1.807) is 11.3 Å². The molecule has 1 aromatic rings. The van der Waals surface area contributed by atoms with Gasteiger partial charge < -0.3 is 15.5 Å². The molecule has 0 aromatic carbocycles. The maximum Gasteiger partial charge on any atom is 0.223 e. The predicted molar refractivity (Wildman–Crippen MR) is 95.8 cm³/mol. The number of hydrogen-bond donors (Lipinski definition) is 2. The van der Waals surface area contributed by atoms with Crippen molar-refractivity contribution in [3.05, 3.63) is 22.4 Å². The topological polar surface area (TPSA) is 44.4 Å². The van der Waals surface area contributed by atoms with Gasteiger partial charge in [-0.3, -0.25) is 4.79 Å². The van der Waals surface area contributed by atoms with Gasteiger partial charge in [0.25, 0.3) is 0 Å². The molecule has 128 valence electrons. The third-order valence-electron chi connectivity index (χ3n) is 5.12. The molecule has 3 heterocycles. The lowest BCUT2D eigenvalue weighted by molar-refractivity contribution is -0.126. The first-order chi connectivity index (χ1) is 11.3. The van der Waals surface area contributed by atoms with E-state index in [2.05, 4.69) is 33.0 Å². The molecule has 2 saturated heterocycles. The molecular weight excluding hydrogens is 306 g/mol. The fourth-order valence-electron chi connectivity index (χ4n) is 3.73. The smallest absolute Gasteiger partial charge is 0.223 e. The molecule has 0 radical (unpaired) electrons. The molecule has 0 spiro atoms. The maximum atomic E-state index is 12.3. The third-order valence-corrected chi connectivity index (χ3v) is 6.06. The van der Waals surface area contributed by atoms with Gasteiger partial charge in [0.15, 0.2) is 0 Å². The number of carbonyl (C=O) groups is 1. The Morgan fingerprint density at radius 3 is 2.91 bits per heavy atom. The van der Waals surface area contributed by atoms with Gasteiger partial charge in [-0.05, 0) is 75.6 Å². The van der Waals surface area contributed by atoms with Crippen molar-refractivity contribution < 1.29 is 4.79 Å². The summed E-state index contributed by atoms with van der Waals surface area (Å²) in [5, 5.41) is 8.71. The highest BCUT2D eigenvalue weighted by Crippen LogP contribution is 2.20. The van der Waals surface area contributed by atoms with E-state index >= 15 is 0 Å². The zero-order valence-corrected chi connectivity index (χ0v) is 14.7. The van der Waals surface area contributed by atoms with E-state index in [4.69, 9.17) is 0 Å². The lowest BCUT2D eigenvalue weighted by Crippen LogP contribution is -2.44. The second-order valence-electron chi connectivity index (χ2n) is 6.91. The normalized spacial score (nSPS) is 23.7. The first kappa shape index (κ1) is 16.9. The minimum Gasteiger partial charge on any atom is -0.355 e. The Morgan fingerprint density at radius 2 is 2.22 bits per heavy atom. The molecule has 0 saturated carbocycles. The number of nitrogens with one attached hydrogen (secondary N) is 2. The van der Waals surface area contributed by atoms with Crippen LogP contribution < -0.4 is 10.6 Å². The fourth-order valence-corrected chi connectivity index (χ4v) is 4.44. The number of thiophene rings is 1. The van der Waals surface area contributed by atoms with Gasteiger partial charge >= 0.3 is 0 Å². The van der Waals surface area contributed by atoms with Crippen molar-refractivity contribution in [2.45, 2.75) is 32.1 Å². The van der Waals surface area contributed by atoms with Gasteiger partial charge in [-0.15, -0.1) is 11.3 Å². The maximum absolute atomic E-state index is 12.3. The Balaban J connectivity index is 1.32. The number of likely N-dealkylation sites (tertiary alicyclic amines) is 1. The molecule has 2 fully saturated rings. The Kier molecular flexibility index (Phi) is 6.48. The number of rotatable bonds is 6. The van der Waals surface area contributed by atoms with Crippen LogP contribution in [0.1, 0.15) is 30.6 Å². The van der Waals surface area contributed by atoms with Crippen molar-refractivity contribution in [1.82, 2.24) is 15.5 Å². The van der Waals surface area contributed by atoms with E-state index in [1.807, 2.05) is 0 Å². The molecule has 1 atom stereocenters. The van der Waals surface area contributed by atoms with Gasteiger partial charge in [0.2, 0.25) is 5.91 Å². The minimum atomic E-state index is 0.221. The zero-order chi connectivity index (χ0) is 15.9. The molecule has 5 heteroatoms. The third kappa shape index (κ3) is 5.30. The lowest BCUT2D eigenvalue weighted by Gasteiger charge is -2.35. The van der Waals surface area contributed by atoms with Crippen LogP contribution in [0.2, 0.25) is 0 Å². The van der Waals surface area contributed by atoms with E-state index in [9.17, 15) is 4.79 Å². The average molecular weight is 336 g/mol. The van der Waals surface area contributed by atoms with Crippen LogP contribution in [0.5, 0.6) is 0 Å². The van der Waals surface area contributed by atoms with Gasteiger partial charge in [-0.25, -0.2) is 0 Å². The van der Waals surface area contributed by atoms with E-state index < -0.39 is 0 Å². The quantitative estimate of drug-likeness (QED) is 0.837. The second-order valence-corrected chi connectivity index (χ2v) is 7.94. The lowest BCUT2D eigenvalue weighted by atomic mass is 9.93. The van der Waals surface area contributed by atoms with Gasteiger partial charge in [0, 0.05) is 23.9 Å². The van der Waals surface area contributed by atoms with Crippen LogP contribution in [-0.4, -0.2) is 50.1 Å². The summed E-state index contributed by atoms with van der Waals surface area (Å²) in [6.45, 7) is 6.50. The zero-order valence-electron chi connectivity index (χ0n) is 13.9. The first-order valence-corrected chi connectivity index (χ1v) is 9.92. The number of amides is 1. The summed E-state index contributed by atoms with van der Waals surface area (Å²) < 4.78 is 0. The molecule has 1 unspecified atom stereocenters.